The van der Waals surface area contributed by atoms with Crippen LogP contribution in [0.1, 0.15) is 37.6 Å². The van der Waals surface area contributed by atoms with Crippen molar-refractivity contribution in [3.63, 3.8) is 0 Å². The molecule has 0 bridgehead atoms. The van der Waals surface area contributed by atoms with Crippen molar-refractivity contribution < 1.29 is 9.59 Å². The van der Waals surface area contributed by atoms with Gasteiger partial charge in [0.2, 0.25) is 11.8 Å². The molecule has 1 N–H and O–H groups in total. The van der Waals surface area contributed by atoms with Crippen molar-refractivity contribution in [2.45, 2.75) is 43.6 Å². The Morgan fingerprint density at radius 2 is 2.33 bits per heavy atom. The monoisotopic (exact) mass is 344 g/mol. The molecule has 2 aliphatic heterocycles. The van der Waals surface area contributed by atoms with Crippen LogP contribution >= 0.6 is 34.7 Å². The summed E-state index contributed by atoms with van der Waals surface area (Å²) >= 11 is 9.10. The Hall–Kier alpha value is -0.720. The van der Waals surface area contributed by atoms with E-state index in [0.29, 0.717) is 16.5 Å². The van der Waals surface area contributed by atoms with Gasteiger partial charge in [-0.3, -0.25) is 9.59 Å². The molecule has 2 saturated heterocycles. The summed E-state index contributed by atoms with van der Waals surface area (Å²) in [4.78, 5) is 27.2. The molecule has 0 aromatic carbocycles. The van der Waals surface area contributed by atoms with Crippen LogP contribution in [0.3, 0.4) is 0 Å². The smallest absolute Gasteiger partial charge is 0.244 e. The van der Waals surface area contributed by atoms with E-state index in [4.69, 9.17) is 11.6 Å². The highest BCUT2D eigenvalue weighted by molar-refractivity contribution is 8.01. The third kappa shape index (κ3) is 2.69. The first kappa shape index (κ1) is 15.2. The summed E-state index contributed by atoms with van der Waals surface area (Å²) in [5.74, 6) is 0.694. The summed E-state index contributed by atoms with van der Waals surface area (Å²) in [6.45, 7) is 3.99. The average molecular weight is 345 g/mol. The number of hydrogen-bond acceptors (Lipinski definition) is 4. The van der Waals surface area contributed by atoms with Gasteiger partial charge in [-0.1, -0.05) is 11.6 Å². The Morgan fingerprint density at radius 3 is 3.00 bits per heavy atom. The Balaban J connectivity index is 1.70. The number of carbonyl (C=O) groups is 2. The van der Waals surface area contributed by atoms with Crippen molar-refractivity contribution in [2.75, 3.05) is 5.75 Å². The van der Waals surface area contributed by atoms with Gasteiger partial charge in [0.05, 0.1) is 15.2 Å². The quantitative estimate of drug-likeness (QED) is 0.916. The van der Waals surface area contributed by atoms with E-state index in [1.807, 2.05) is 19.1 Å². The van der Waals surface area contributed by atoms with Crippen LogP contribution in [0.4, 0.5) is 0 Å². The summed E-state index contributed by atoms with van der Waals surface area (Å²) in [6.07, 6.45) is 1.37. The van der Waals surface area contributed by atoms with Gasteiger partial charge >= 0.3 is 0 Å². The third-order valence-corrected chi connectivity index (χ3v) is 7.05. The van der Waals surface area contributed by atoms with Crippen molar-refractivity contribution in [3.05, 3.63) is 21.3 Å². The third-order valence-electron chi connectivity index (χ3n) is 4.13. The summed E-state index contributed by atoms with van der Waals surface area (Å²) in [5.41, 5.74) is 0. The minimum absolute atomic E-state index is 0.0708. The zero-order chi connectivity index (χ0) is 15.2. The lowest BCUT2D eigenvalue weighted by molar-refractivity contribution is -0.138. The van der Waals surface area contributed by atoms with E-state index in [1.54, 1.807) is 16.7 Å². The van der Waals surface area contributed by atoms with E-state index < -0.39 is 0 Å². The number of rotatable bonds is 3. The molecule has 0 unspecified atom stereocenters. The van der Waals surface area contributed by atoms with Crippen LogP contribution in [-0.2, 0) is 9.59 Å². The van der Waals surface area contributed by atoms with Gasteiger partial charge in [-0.2, -0.15) is 0 Å². The number of fused-ring (bicyclic) bond motifs is 1. The molecular formula is C14H17ClN2O2S2. The maximum atomic E-state index is 12.5. The number of thioether (sulfide) groups is 1. The number of carbonyl (C=O) groups excluding carboxylic acids is 2. The second kappa shape index (κ2) is 5.48. The maximum Gasteiger partial charge on any atom is 0.244 e. The highest BCUT2D eigenvalue weighted by atomic mass is 35.5. The molecule has 3 rings (SSSR count). The van der Waals surface area contributed by atoms with Gasteiger partial charge in [0, 0.05) is 17.1 Å². The van der Waals surface area contributed by atoms with Gasteiger partial charge in [-0.25, -0.2) is 0 Å². The zero-order valence-electron chi connectivity index (χ0n) is 11.9. The van der Waals surface area contributed by atoms with Crippen molar-refractivity contribution in [2.24, 2.45) is 0 Å². The summed E-state index contributed by atoms with van der Waals surface area (Å²) in [6, 6.07) is 3.31. The van der Waals surface area contributed by atoms with Crippen LogP contribution in [0, 0.1) is 0 Å². The lowest BCUT2D eigenvalue weighted by atomic mass is 10.2. The predicted molar refractivity (Wildman–Crippen MR) is 86.6 cm³/mol. The molecule has 4 nitrogen and oxygen atoms in total. The number of hydrogen-bond donors (Lipinski definition) is 1. The lowest BCUT2D eigenvalue weighted by Crippen LogP contribution is -2.50. The van der Waals surface area contributed by atoms with Gasteiger partial charge in [-0.05, 0) is 32.4 Å². The highest BCUT2D eigenvalue weighted by Crippen LogP contribution is 2.47. The van der Waals surface area contributed by atoms with Crippen LogP contribution in [0.15, 0.2) is 12.1 Å². The fourth-order valence-electron chi connectivity index (χ4n) is 2.96. The molecule has 1 aromatic rings. The minimum atomic E-state index is -0.354. The highest BCUT2D eigenvalue weighted by Gasteiger charge is 2.52. The van der Waals surface area contributed by atoms with Crippen LogP contribution in [-0.4, -0.2) is 33.4 Å². The first-order chi connectivity index (χ1) is 9.90. The second-order valence-corrected chi connectivity index (χ2v) is 8.89. The van der Waals surface area contributed by atoms with Crippen molar-refractivity contribution >= 4 is 46.5 Å². The van der Waals surface area contributed by atoms with Gasteiger partial charge in [0.25, 0.3) is 0 Å². The number of thiophene rings is 1. The van der Waals surface area contributed by atoms with E-state index in [2.05, 4.69) is 12.2 Å². The molecule has 0 saturated carbocycles. The van der Waals surface area contributed by atoms with Crippen LogP contribution in [0.2, 0.25) is 4.34 Å². The molecule has 0 aliphatic carbocycles. The Morgan fingerprint density at radius 1 is 1.57 bits per heavy atom. The lowest BCUT2D eigenvalue weighted by Gasteiger charge is -2.30. The molecule has 2 aliphatic rings. The Labute approximate surface area is 137 Å². The van der Waals surface area contributed by atoms with Crippen LogP contribution < -0.4 is 5.32 Å². The fraction of sp³-hybridized carbons (Fsp3) is 0.571. The standard InChI is InChI=1S/C14H17ClN2O2S2/c1-8(10-3-4-11(15)21-10)16-13(19)9-7-20-14(2)6-5-12(18)17(9)14/h3-4,8-9H,5-7H2,1-2H3,(H,16,19)/t8-,9+,14+/m0/s1. The van der Waals surface area contributed by atoms with E-state index in [-0.39, 0.29) is 28.8 Å². The van der Waals surface area contributed by atoms with Crippen molar-refractivity contribution in [3.8, 4) is 0 Å². The maximum absolute atomic E-state index is 12.5. The van der Waals surface area contributed by atoms with E-state index in [9.17, 15) is 9.59 Å². The average Bonchev–Trinajstić information content (AvgIpc) is 3.07. The predicted octanol–water partition coefficient (Wildman–Crippen LogP) is 3.03. The zero-order valence-corrected chi connectivity index (χ0v) is 14.3. The Bertz CT molecular complexity index is 591. The van der Waals surface area contributed by atoms with Crippen LogP contribution in [0.25, 0.3) is 0 Å². The van der Waals surface area contributed by atoms with Crippen molar-refractivity contribution in [1.82, 2.24) is 10.2 Å². The fourth-order valence-corrected chi connectivity index (χ4v) is 5.45. The first-order valence-electron chi connectivity index (χ1n) is 6.92. The topological polar surface area (TPSA) is 49.4 Å². The molecule has 0 radical (unpaired) electrons. The van der Waals surface area contributed by atoms with Gasteiger partial charge in [0.1, 0.15) is 6.04 Å². The molecule has 114 valence electrons. The summed E-state index contributed by atoms with van der Waals surface area (Å²) in [5, 5.41) is 3.01. The molecule has 3 atom stereocenters. The number of halogens is 1. The normalized spacial score (nSPS) is 29.6. The number of nitrogens with zero attached hydrogens (tertiary/aromatic N) is 1. The molecule has 2 amide bonds. The van der Waals surface area contributed by atoms with Gasteiger partial charge in [-0.15, -0.1) is 23.1 Å². The molecule has 1 aromatic heterocycles. The molecule has 7 heteroatoms. The Kier molecular flexibility index (Phi) is 3.96. The molecule has 0 spiro atoms. The SMILES string of the molecule is C[C@H](NC(=O)[C@H]1CS[C@]2(C)CCC(=O)N12)c1ccc(Cl)s1. The molecule has 21 heavy (non-hydrogen) atoms. The molecule has 2 fully saturated rings. The minimum Gasteiger partial charge on any atom is -0.347 e. The summed E-state index contributed by atoms with van der Waals surface area (Å²) in [7, 11) is 0. The molecule has 3 heterocycles. The second-order valence-electron chi connectivity index (χ2n) is 5.64. The van der Waals surface area contributed by atoms with Gasteiger partial charge in [0.15, 0.2) is 0 Å². The van der Waals surface area contributed by atoms with Gasteiger partial charge < -0.3 is 10.2 Å². The number of nitrogens with one attached hydrogen (secondary N) is 1. The first-order valence-corrected chi connectivity index (χ1v) is 9.10. The number of amides is 2. The largest absolute Gasteiger partial charge is 0.347 e. The van der Waals surface area contributed by atoms with Crippen LogP contribution in [0.5, 0.6) is 0 Å². The van der Waals surface area contributed by atoms with E-state index >= 15 is 0 Å². The summed E-state index contributed by atoms with van der Waals surface area (Å²) < 4.78 is 0.713. The van der Waals surface area contributed by atoms with E-state index in [1.165, 1.54) is 11.3 Å². The van der Waals surface area contributed by atoms with Crippen molar-refractivity contribution in [1.29, 1.82) is 0 Å². The van der Waals surface area contributed by atoms with E-state index in [0.717, 1.165) is 11.3 Å². The molecular weight excluding hydrogens is 328 g/mol.